The maximum absolute atomic E-state index is 11.1. The van der Waals surface area contributed by atoms with E-state index < -0.39 is 0 Å². The lowest BCUT2D eigenvalue weighted by Crippen LogP contribution is -2.41. The van der Waals surface area contributed by atoms with Crippen LogP contribution in [0.15, 0.2) is 11.8 Å². The number of hydrogen-bond acceptors (Lipinski definition) is 3. The second kappa shape index (κ2) is 3.09. The second-order valence-electron chi connectivity index (χ2n) is 4.46. The van der Waals surface area contributed by atoms with Gasteiger partial charge in [-0.1, -0.05) is 0 Å². The van der Waals surface area contributed by atoms with Crippen LogP contribution in [0.4, 0.5) is 0 Å². The average molecular weight is 193 g/mol. The molecule has 2 bridgehead atoms. The van der Waals surface area contributed by atoms with Crippen LogP contribution in [0.3, 0.4) is 0 Å². The zero-order chi connectivity index (χ0) is 9.54. The van der Waals surface area contributed by atoms with Crippen LogP contribution in [-0.2, 0) is 9.53 Å². The molecule has 0 aromatic heterocycles. The summed E-state index contributed by atoms with van der Waals surface area (Å²) in [5.74, 6) is 0.291. The molecule has 2 saturated heterocycles. The standard InChI is InChI=1S/C11H15NO2/c13-9-2-1-8(5-9)12-6-10-3-4-11(7-12)14-10/h5,10-11H,1-4,6-7H2. The van der Waals surface area contributed by atoms with E-state index in [1.807, 2.05) is 6.08 Å². The number of likely N-dealkylation sites (tertiary alicyclic amines) is 1. The van der Waals surface area contributed by atoms with Crippen molar-refractivity contribution in [3.8, 4) is 0 Å². The molecule has 3 aliphatic rings. The van der Waals surface area contributed by atoms with Gasteiger partial charge in [0.1, 0.15) is 0 Å². The summed E-state index contributed by atoms with van der Waals surface area (Å²) in [5.41, 5.74) is 1.25. The molecule has 3 heteroatoms. The van der Waals surface area contributed by atoms with E-state index >= 15 is 0 Å². The Kier molecular flexibility index (Phi) is 1.87. The Balaban J connectivity index is 1.74. The Hall–Kier alpha value is -0.830. The first-order valence-corrected chi connectivity index (χ1v) is 5.45. The van der Waals surface area contributed by atoms with Crippen molar-refractivity contribution in [3.63, 3.8) is 0 Å². The molecule has 0 aromatic carbocycles. The first-order valence-electron chi connectivity index (χ1n) is 5.45. The minimum Gasteiger partial charge on any atom is -0.371 e. The summed E-state index contributed by atoms with van der Waals surface area (Å²) in [5, 5.41) is 0. The molecule has 0 aromatic rings. The van der Waals surface area contributed by atoms with Gasteiger partial charge in [-0.05, 0) is 19.3 Å². The number of nitrogens with zero attached hydrogens (tertiary/aromatic N) is 1. The Bertz CT molecular complexity index is 286. The van der Waals surface area contributed by atoms with Gasteiger partial charge in [0.2, 0.25) is 0 Å². The van der Waals surface area contributed by atoms with Gasteiger partial charge in [0, 0.05) is 31.3 Å². The van der Waals surface area contributed by atoms with Gasteiger partial charge in [-0.2, -0.15) is 0 Å². The number of carbonyl (C=O) groups excluding carboxylic acids is 1. The van der Waals surface area contributed by atoms with E-state index in [9.17, 15) is 4.79 Å². The number of allylic oxidation sites excluding steroid dienone is 2. The van der Waals surface area contributed by atoms with Crippen molar-refractivity contribution in [2.75, 3.05) is 13.1 Å². The van der Waals surface area contributed by atoms with Crippen molar-refractivity contribution in [2.45, 2.75) is 37.9 Å². The number of ether oxygens (including phenoxy) is 1. The molecule has 2 unspecified atom stereocenters. The normalized spacial score (nSPS) is 36.4. The fourth-order valence-corrected chi connectivity index (χ4v) is 2.68. The molecule has 14 heavy (non-hydrogen) atoms. The van der Waals surface area contributed by atoms with E-state index in [1.54, 1.807) is 0 Å². The van der Waals surface area contributed by atoms with Gasteiger partial charge in [-0.15, -0.1) is 0 Å². The van der Waals surface area contributed by atoms with Gasteiger partial charge in [-0.25, -0.2) is 0 Å². The summed E-state index contributed by atoms with van der Waals surface area (Å²) >= 11 is 0. The van der Waals surface area contributed by atoms with E-state index in [0.717, 1.165) is 19.5 Å². The monoisotopic (exact) mass is 193 g/mol. The van der Waals surface area contributed by atoms with Crippen molar-refractivity contribution in [2.24, 2.45) is 0 Å². The Morgan fingerprint density at radius 3 is 2.50 bits per heavy atom. The minimum absolute atomic E-state index is 0.291. The smallest absolute Gasteiger partial charge is 0.157 e. The fraction of sp³-hybridized carbons (Fsp3) is 0.727. The van der Waals surface area contributed by atoms with Crippen LogP contribution in [0.2, 0.25) is 0 Å². The zero-order valence-corrected chi connectivity index (χ0v) is 8.24. The molecule has 76 valence electrons. The maximum Gasteiger partial charge on any atom is 0.157 e. The third kappa shape index (κ3) is 1.36. The molecule has 2 heterocycles. The number of morpholine rings is 1. The van der Waals surface area contributed by atoms with E-state index in [-0.39, 0.29) is 0 Å². The molecule has 0 amide bonds. The highest BCUT2D eigenvalue weighted by molar-refractivity contribution is 5.92. The molecule has 3 rings (SSSR count). The van der Waals surface area contributed by atoms with E-state index in [4.69, 9.17) is 4.74 Å². The predicted molar refractivity (Wildman–Crippen MR) is 51.8 cm³/mol. The highest BCUT2D eigenvalue weighted by atomic mass is 16.5. The first kappa shape index (κ1) is 8.48. The molecule has 0 spiro atoms. The number of hydrogen-bond donors (Lipinski definition) is 0. The molecule has 2 atom stereocenters. The molecular weight excluding hydrogens is 178 g/mol. The summed E-state index contributed by atoms with van der Waals surface area (Å²) in [7, 11) is 0. The van der Waals surface area contributed by atoms with Crippen molar-refractivity contribution in [1.29, 1.82) is 0 Å². The van der Waals surface area contributed by atoms with Gasteiger partial charge < -0.3 is 9.64 Å². The van der Waals surface area contributed by atoms with Crippen molar-refractivity contribution in [1.82, 2.24) is 4.90 Å². The van der Waals surface area contributed by atoms with Gasteiger partial charge >= 0.3 is 0 Å². The van der Waals surface area contributed by atoms with Crippen molar-refractivity contribution in [3.05, 3.63) is 11.8 Å². The van der Waals surface area contributed by atoms with Gasteiger partial charge in [0.05, 0.1) is 12.2 Å². The Morgan fingerprint density at radius 1 is 1.21 bits per heavy atom. The van der Waals surface area contributed by atoms with Crippen LogP contribution in [0.5, 0.6) is 0 Å². The minimum atomic E-state index is 0.291. The number of fused-ring (bicyclic) bond motifs is 2. The fourth-order valence-electron chi connectivity index (χ4n) is 2.68. The quantitative estimate of drug-likeness (QED) is 0.624. The third-order valence-electron chi connectivity index (χ3n) is 3.40. The van der Waals surface area contributed by atoms with Crippen molar-refractivity contribution >= 4 is 5.78 Å². The molecule has 2 aliphatic heterocycles. The molecule has 1 aliphatic carbocycles. The average Bonchev–Trinajstić information content (AvgIpc) is 2.73. The topological polar surface area (TPSA) is 29.5 Å². The molecular formula is C11H15NO2. The predicted octanol–water partition coefficient (Wildman–Crippen LogP) is 1.10. The summed E-state index contributed by atoms with van der Waals surface area (Å²) in [6.07, 6.45) is 6.71. The van der Waals surface area contributed by atoms with Crippen LogP contribution in [0, 0.1) is 0 Å². The Labute approximate surface area is 83.7 Å². The third-order valence-corrected chi connectivity index (χ3v) is 3.40. The molecule has 0 radical (unpaired) electrons. The van der Waals surface area contributed by atoms with Crippen LogP contribution in [-0.4, -0.2) is 36.0 Å². The van der Waals surface area contributed by atoms with Gasteiger partial charge in [-0.3, -0.25) is 4.79 Å². The molecule has 2 fully saturated rings. The Morgan fingerprint density at radius 2 is 1.93 bits per heavy atom. The van der Waals surface area contributed by atoms with E-state index in [1.165, 1.54) is 18.5 Å². The van der Waals surface area contributed by atoms with Crippen molar-refractivity contribution < 1.29 is 9.53 Å². The van der Waals surface area contributed by atoms with Crippen LogP contribution in [0.1, 0.15) is 25.7 Å². The summed E-state index contributed by atoms with van der Waals surface area (Å²) in [6.45, 7) is 1.99. The lowest BCUT2D eigenvalue weighted by Gasteiger charge is -2.34. The number of ketones is 1. The van der Waals surface area contributed by atoms with Gasteiger partial charge in [0.15, 0.2) is 5.78 Å². The van der Waals surface area contributed by atoms with Gasteiger partial charge in [0.25, 0.3) is 0 Å². The number of carbonyl (C=O) groups is 1. The van der Waals surface area contributed by atoms with Crippen LogP contribution < -0.4 is 0 Å². The molecule has 0 saturated carbocycles. The highest BCUT2D eigenvalue weighted by Crippen LogP contribution is 2.30. The largest absolute Gasteiger partial charge is 0.371 e. The lowest BCUT2D eigenvalue weighted by atomic mass is 10.2. The maximum atomic E-state index is 11.1. The first-order chi connectivity index (χ1) is 6.81. The van der Waals surface area contributed by atoms with E-state index in [2.05, 4.69) is 4.90 Å². The van der Waals surface area contributed by atoms with Crippen LogP contribution in [0.25, 0.3) is 0 Å². The summed E-state index contributed by atoms with van der Waals surface area (Å²) < 4.78 is 5.76. The molecule has 0 N–H and O–H groups in total. The number of rotatable bonds is 1. The SMILES string of the molecule is O=C1C=C(N2CC3CCC(C2)O3)CC1. The summed E-state index contributed by atoms with van der Waals surface area (Å²) in [6, 6.07) is 0. The molecule has 3 nitrogen and oxygen atoms in total. The van der Waals surface area contributed by atoms with E-state index in [0.29, 0.717) is 24.4 Å². The lowest BCUT2D eigenvalue weighted by molar-refractivity contribution is -0.114. The highest BCUT2D eigenvalue weighted by Gasteiger charge is 2.35. The zero-order valence-electron chi connectivity index (χ0n) is 8.24. The summed E-state index contributed by atoms with van der Waals surface area (Å²) in [4.78, 5) is 13.5. The van der Waals surface area contributed by atoms with Crippen LogP contribution >= 0.6 is 0 Å². The second-order valence-corrected chi connectivity index (χ2v) is 4.46.